The summed E-state index contributed by atoms with van der Waals surface area (Å²) in [7, 11) is -4.04. The Balaban J connectivity index is 2.44. The molecule has 1 heterocycles. The van der Waals surface area contributed by atoms with Gasteiger partial charge < -0.3 is 5.11 Å². The van der Waals surface area contributed by atoms with Crippen LogP contribution in [0.2, 0.25) is 10.0 Å². The zero-order valence-electron chi connectivity index (χ0n) is 10.3. The van der Waals surface area contributed by atoms with Crippen LogP contribution in [0.25, 0.3) is 0 Å². The Morgan fingerprint density at radius 3 is 2.52 bits per heavy atom. The van der Waals surface area contributed by atoms with E-state index in [0.717, 1.165) is 6.07 Å². The summed E-state index contributed by atoms with van der Waals surface area (Å²) in [4.78, 5) is 10.6. The molecule has 0 radical (unpaired) electrons. The minimum Gasteiger partial charge on any atom is -0.392 e. The van der Waals surface area contributed by atoms with Crippen molar-refractivity contribution in [3.8, 4) is 0 Å². The molecule has 0 fully saturated rings. The van der Waals surface area contributed by atoms with Crippen LogP contribution in [0.3, 0.4) is 0 Å². The highest BCUT2D eigenvalue weighted by Crippen LogP contribution is 2.29. The Labute approximate surface area is 129 Å². The van der Waals surface area contributed by atoms with Crippen molar-refractivity contribution in [2.75, 3.05) is 4.72 Å². The molecule has 3 N–H and O–H groups in total. The van der Waals surface area contributed by atoms with E-state index >= 15 is 0 Å². The largest absolute Gasteiger partial charge is 0.392 e. The molecule has 0 aliphatic rings. The number of aromatic nitrogens is 2. The average molecular weight is 350 g/mol. The lowest BCUT2D eigenvalue weighted by Crippen LogP contribution is -2.17. The summed E-state index contributed by atoms with van der Waals surface area (Å²) < 4.78 is 26.6. The number of nitrogens with zero attached hydrogens (tertiary/aromatic N) is 1. The predicted octanol–water partition coefficient (Wildman–Crippen LogP) is 1.37. The van der Waals surface area contributed by atoms with E-state index in [1.165, 1.54) is 18.2 Å². The van der Waals surface area contributed by atoms with Gasteiger partial charge >= 0.3 is 0 Å². The minimum absolute atomic E-state index is 0.0776. The lowest BCUT2D eigenvalue weighted by Gasteiger charge is -2.10. The van der Waals surface area contributed by atoms with Crippen LogP contribution in [0.5, 0.6) is 0 Å². The first-order chi connectivity index (χ1) is 9.83. The molecule has 0 bridgehead atoms. The first-order valence-electron chi connectivity index (χ1n) is 5.51. The maximum Gasteiger partial charge on any atom is 0.264 e. The number of aliphatic hydroxyl groups is 1. The fraction of sp³-hybridized carbons (Fsp3) is 0.0909. The van der Waals surface area contributed by atoms with Crippen LogP contribution in [0, 0.1) is 0 Å². The van der Waals surface area contributed by atoms with E-state index in [-0.39, 0.29) is 26.3 Å². The number of benzene rings is 1. The first kappa shape index (κ1) is 15.8. The molecular formula is C11H9Cl2N3O4S. The third kappa shape index (κ3) is 3.53. The molecule has 0 amide bonds. The number of H-pyrrole nitrogens is 1. The molecule has 0 aliphatic heterocycles. The SMILES string of the molecule is O=c1ccc(NS(=O)(=O)c2cc(CO)c(Cl)cc2Cl)n[nH]1. The van der Waals surface area contributed by atoms with Crippen molar-refractivity contribution in [1.82, 2.24) is 10.2 Å². The van der Waals surface area contributed by atoms with Gasteiger partial charge in [0.2, 0.25) is 0 Å². The number of aliphatic hydroxyl groups excluding tert-OH is 1. The molecule has 112 valence electrons. The van der Waals surface area contributed by atoms with E-state index in [2.05, 4.69) is 14.9 Å². The standard InChI is InChI=1S/C11H9Cl2N3O4S/c12-7-4-8(13)9(3-6(7)5-17)21(19,20)16-10-1-2-11(18)15-14-10/h1-4,17H,5H2,(H,14,16)(H,15,18). The lowest BCUT2D eigenvalue weighted by molar-refractivity contribution is 0.281. The normalized spacial score (nSPS) is 11.4. The van der Waals surface area contributed by atoms with E-state index < -0.39 is 22.2 Å². The minimum atomic E-state index is -4.04. The van der Waals surface area contributed by atoms with Gasteiger partial charge in [-0.3, -0.25) is 9.52 Å². The maximum atomic E-state index is 12.2. The topological polar surface area (TPSA) is 112 Å². The van der Waals surface area contributed by atoms with Gasteiger partial charge in [-0.25, -0.2) is 13.5 Å². The van der Waals surface area contributed by atoms with Gasteiger partial charge in [-0.15, -0.1) is 0 Å². The monoisotopic (exact) mass is 349 g/mol. The molecule has 7 nitrogen and oxygen atoms in total. The van der Waals surface area contributed by atoms with Gasteiger partial charge in [-0.05, 0) is 23.8 Å². The average Bonchev–Trinajstić information content (AvgIpc) is 2.41. The van der Waals surface area contributed by atoms with Crippen LogP contribution >= 0.6 is 23.2 Å². The summed E-state index contributed by atoms with van der Waals surface area (Å²) in [5.41, 5.74) is -0.249. The molecule has 21 heavy (non-hydrogen) atoms. The Kier molecular flexibility index (Phi) is 4.52. The van der Waals surface area contributed by atoms with Crippen molar-refractivity contribution in [2.24, 2.45) is 0 Å². The second-order valence-electron chi connectivity index (χ2n) is 3.94. The van der Waals surface area contributed by atoms with E-state index in [0.29, 0.717) is 0 Å². The van der Waals surface area contributed by atoms with E-state index in [1.807, 2.05) is 0 Å². The Bertz CT molecular complexity index is 815. The molecule has 0 saturated heterocycles. The zero-order chi connectivity index (χ0) is 15.6. The van der Waals surface area contributed by atoms with Crippen molar-refractivity contribution in [3.63, 3.8) is 0 Å². The fourth-order valence-electron chi connectivity index (χ4n) is 1.49. The number of rotatable bonds is 4. The molecule has 2 rings (SSSR count). The van der Waals surface area contributed by atoms with Crippen molar-refractivity contribution >= 4 is 39.0 Å². The van der Waals surface area contributed by atoms with Crippen LogP contribution in [-0.2, 0) is 16.6 Å². The summed E-state index contributed by atoms with van der Waals surface area (Å²) in [6.45, 7) is -0.435. The van der Waals surface area contributed by atoms with Crippen molar-refractivity contribution in [1.29, 1.82) is 0 Å². The van der Waals surface area contributed by atoms with E-state index in [9.17, 15) is 13.2 Å². The number of anilines is 1. The number of hydrogen-bond acceptors (Lipinski definition) is 5. The number of halogens is 2. The number of nitrogens with one attached hydrogen (secondary N) is 2. The molecule has 1 aromatic heterocycles. The number of aromatic amines is 1. The van der Waals surface area contributed by atoms with Crippen LogP contribution in [0.15, 0.2) is 34.0 Å². The smallest absolute Gasteiger partial charge is 0.264 e. The predicted molar refractivity (Wildman–Crippen MR) is 78.1 cm³/mol. The summed E-state index contributed by atoms with van der Waals surface area (Å²) in [6, 6.07) is 4.71. The van der Waals surface area contributed by atoms with Crippen LogP contribution < -0.4 is 10.3 Å². The maximum absolute atomic E-state index is 12.2. The van der Waals surface area contributed by atoms with Gasteiger partial charge in [-0.1, -0.05) is 23.2 Å². The molecule has 0 spiro atoms. The van der Waals surface area contributed by atoms with Crippen molar-refractivity contribution < 1.29 is 13.5 Å². The highest BCUT2D eigenvalue weighted by molar-refractivity contribution is 7.92. The molecule has 10 heteroatoms. The highest BCUT2D eigenvalue weighted by Gasteiger charge is 2.20. The molecule has 0 aliphatic carbocycles. The van der Waals surface area contributed by atoms with Crippen LogP contribution in [0.4, 0.5) is 5.82 Å². The highest BCUT2D eigenvalue weighted by atomic mass is 35.5. The Morgan fingerprint density at radius 1 is 1.24 bits per heavy atom. The number of hydrogen-bond donors (Lipinski definition) is 3. The molecule has 0 unspecified atom stereocenters. The third-order valence-corrected chi connectivity index (χ3v) is 4.65. The van der Waals surface area contributed by atoms with E-state index in [1.54, 1.807) is 0 Å². The van der Waals surface area contributed by atoms with Gasteiger partial charge in [0.25, 0.3) is 15.6 Å². The second kappa shape index (κ2) is 6.02. The van der Waals surface area contributed by atoms with Gasteiger partial charge in [0.05, 0.1) is 11.6 Å². The Hall–Kier alpha value is -1.61. The lowest BCUT2D eigenvalue weighted by atomic mass is 10.2. The van der Waals surface area contributed by atoms with Gasteiger partial charge in [-0.2, -0.15) is 5.10 Å². The summed E-state index contributed by atoms with van der Waals surface area (Å²) in [6.07, 6.45) is 0. The number of sulfonamides is 1. The Morgan fingerprint density at radius 2 is 1.95 bits per heavy atom. The quantitative estimate of drug-likeness (QED) is 0.771. The van der Waals surface area contributed by atoms with Gasteiger partial charge in [0.15, 0.2) is 5.82 Å². The van der Waals surface area contributed by atoms with Crippen LogP contribution in [-0.4, -0.2) is 23.7 Å². The van der Waals surface area contributed by atoms with Crippen molar-refractivity contribution in [2.45, 2.75) is 11.5 Å². The van der Waals surface area contributed by atoms with Crippen LogP contribution in [0.1, 0.15) is 5.56 Å². The zero-order valence-corrected chi connectivity index (χ0v) is 12.6. The summed E-state index contributed by atoms with van der Waals surface area (Å²) in [5.74, 6) is -0.0776. The summed E-state index contributed by atoms with van der Waals surface area (Å²) in [5, 5.41) is 14.8. The molecule has 1 aromatic carbocycles. The van der Waals surface area contributed by atoms with Crippen molar-refractivity contribution in [3.05, 3.63) is 50.2 Å². The van der Waals surface area contributed by atoms with Gasteiger partial charge in [0, 0.05) is 11.1 Å². The third-order valence-electron chi connectivity index (χ3n) is 2.48. The molecule has 2 aromatic rings. The van der Waals surface area contributed by atoms with Gasteiger partial charge in [0.1, 0.15) is 4.90 Å². The second-order valence-corrected chi connectivity index (χ2v) is 6.41. The first-order valence-corrected chi connectivity index (χ1v) is 7.75. The molecule has 0 atom stereocenters. The summed E-state index contributed by atoms with van der Waals surface area (Å²) >= 11 is 11.7. The molecular weight excluding hydrogens is 341 g/mol. The van der Waals surface area contributed by atoms with E-state index in [4.69, 9.17) is 28.3 Å². The fourth-order valence-corrected chi connectivity index (χ4v) is 3.35. The molecule has 0 saturated carbocycles.